The van der Waals surface area contributed by atoms with Crippen molar-refractivity contribution in [1.82, 2.24) is 5.32 Å². The van der Waals surface area contributed by atoms with Crippen molar-refractivity contribution in [3.8, 4) is 0 Å². The second kappa shape index (κ2) is 7.06. The molecule has 1 aliphatic carbocycles. The number of aromatic carboxylic acids is 1. The normalized spacial score (nSPS) is 23.4. The van der Waals surface area contributed by atoms with Gasteiger partial charge in [-0.25, -0.2) is 4.79 Å². The van der Waals surface area contributed by atoms with Gasteiger partial charge in [-0.05, 0) is 36.9 Å². The fourth-order valence-electron chi connectivity index (χ4n) is 2.72. The molecule has 2 rings (SSSR count). The molecule has 19 heavy (non-hydrogen) atoms. The summed E-state index contributed by atoms with van der Waals surface area (Å²) in [6, 6.07) is 3.59. The summed E-state index contributed by atoms with van der Waals surface area (Å²) in [5, 5.41) is 12.3. The van der Waals surface area contributed by atoms with Crippen molar-refractivity contribution < 1.29 is 9.90 Å². The van der Waals surface area contributed by atoms with E-state index in [-0.39, 0.29) is 0 Å². The van der Waals surface area contributed by atoms with Crippen LogP contribution in [0.3, 0.4) is 0 Å². The zero-order valence-electron chi connectivity index (χ0n) is 11.5. The Bertz CT molecular complexity index is 408. The number of carbonyl (C=O) groups is 1. The Morgan fingerprint density at radius 3 is 2.74 bits per heavy atom. The van der Waals surface area contributed by atoms with E-state index in [0.717, 1.165) is 29.8 Å². The predicted molar refractivity (Wildman–Crippen MR) is 78.7 cm³/mol. The Hall–Kier alpha value is -0.870. The van der Waals surface area contributed by atoms with Crippen LogP contribution in [0.4, 0.5) is 0 Å². The molecule has 0 aliphatic heterocycles. The maximum absolute atomic E-state index is 10.8. The summed E-state index contributed by atoms with van der Waals surface area (Å²) < 4.78 is 0. The Morgan fingerprint density at radius 1 is 1.37 bits per heavy atom. The first kappa shape index (κ1) is 14.5. The highest BCUT2D eigenvalue weighted by atomic mass is 32.1. The quantitative estimate of drug-likeness (QED) is 0.781. The van der Waals surface area contributed by atoms with E-state index in [0.29, 0.717) is 4.88 Å². The lowest BCUT2D eigenvalue weighted by Crippen LogP contribution is -2.20. The lowest BCUT2D eigenvalue weighted by Gasteiger charge is -2.26. The molecular weight excluding hydrogens is 258 g/mol. The second-order valence-electron chi connectivity index (χ2n) is 5.66. The minimum atomic E-state index is -0.826. The standard InChI is InChI=1S/C15H23NO2S/c1-11-2-4-12(5-3-11)8-9-16-10-13-6-7-14(19-13)15(17)18/h6-7,11-12,16H,2-5,8-10H2,1H3,(H,17,18). The molecule has 1 heterocycles. The lowest BCUT2D eigenvalue weighted by atomic mass is 9.81. The van der Waals surface area contributed by atoms with E-state index in [4.69, 9.17) is 5.11 Å². The molecule has 0 amide bonds. The van der Waals surface area contributed by atoms with Gasteiger partial charge in [0.05, 0.1) is 0 Å². The fraction of sp³-hybridized carbons (Fsp3) is 0.667. The molecule has 3 nitrogen and oxygen atoms in total. The van der Waals surface area contributed by atoms with Gasteiger partial charge in [0.1, 0.15) is 4.88 Å². The van der Waals surface area contributed by atoms with Crippen LogP contribution in [0, 0.1) is 11.8 Å². The van der Waals surface area contributed by atoms with E-state index in [1.54, 1.807) is 6.07 Å². The first-order valence-electron chi connectivity index (χ1n) is 7.18. The van der Waals surface area contributed by atoms with Crippen LogP contribution < -0.4 is 5.32 Å². The molecule has 0 unspecified atom stereocenters. The van der Waals surface area contributed by atoms with E-state index < -0.39 is 5.97 Å². The molecule has 4 heteroatoms. The predicted octanol–water partition coefficient (Wildman–Crippen LogP) is 3.75. The van der Waals surface area contributed by atoms with E-state index in [9.17, 15) is 4.79 Å². The van der Waals surface area contributed by atoms with E-state index in [2.05, 4.69) is 12.2 Å². The first-order chi connectivity index (χ1) is 9.15. The molecule has 1 saturated carbocycles. The van der Waals surface area contributed by atoms with Crippen LogP contribution >= 0.6 is 11.3 Å². The maximum atomic E-state index is 10.8. The summed E-state index contributed by atoms with van der Waals surface area (Å²) in [7, 11) is 0. The number of carboxylic acid groups (broad SMARTS) is 1. The van der Waals surface area contributed by atoms with Gasteiger partial charge in [-0.2, -0.15) is 0 Å². The molecule has 0 radical (unpaired) electrons. The number of thiophene rings is 1. The Kier molecular flexibility index (Phi) is 5.40. The second-order valence-corrected chi connectivity index (χ2v) is 6.83. The van der Waals surface area contributed by atoms with Gasteiger partial charge in [0, 0.05) is 11.4 Å². The van der Waals surface area contributed by atoms with Crippen molar-refractivity contribution in [3.05, 3.63) is 21.9 Å². The summed E-state index contributed by atoms with van der Waals surface area (Å²) >= 11 is 1.37. The van der Waals surface area contributed by atoms with E-state index in [1.165, 1.54) is 43.4 Å². The fourth-order valence-corrected chi connectivity index (χ4v) is 3.54. The minimum Gasteiger partial charge on any atom is -0.477 e. The van der Waals surface area contributed by atoms with Gasteiger partial charge in [-0.15, -0.1) is 11.3 Å². The number of carboxylic acids is 1. The number of rotatable bonds is 6. The number of nitrogens with one attached hydrogen (secondary N) is 1. The molecule has 106 valence electrons. The molecule has 1 fully saturated rings. The minimum absolute atomic E-state index is 0.429. The Morgan fingerprint density at radius 2 is 2.11 bits per heavy atom. The third-order valence-electron chi connectivity index (χ3n) is 4.04. The zero-order chi connectivity index (χ0) is 13.7. The molecule has 0 bridgehead atoms. The highest BCUT2D eigenvalue weighted by Crippen LogP contribution is 2.29. The van der Waals surface area contributed by atoms with Gasteiger partial charge >= 0.3 is 5.97 Å². The van der Waals surface area contributed by atoms with Crippen molar-refractivity contribution in [3.63, 3.8) is 0 Å². The van der Waals surface area contributed by atoms with E-state index >= 15 is 0 Å². The third-order valence-corrected chi connectivity index (χ3v) is 5.11. The van der Waals surface area contributed by atoms with Gasteiger partial charge in [0.2, 0.25) is 0 Å². The van der Waals surface area contributed by atoms with Crippen LogP contribution in [0.15, 0.2) is 12.1 Å². The average Bonchev–Trinajstić information content (AvgIpc) is 2.86. The van der Waals surface area contributed by atoms with Crippen molar-refractivity contribution >= 4 is 17.3 Å². The summed E-state index contributed by atoms with van der Waals surface area (Å²) in [5.74, 6) is 0.985. The van der Waals surface area contributed by atoms with Crippen LogP contribution in [0.25, 0.3) is 0 Å². The summed E-state index contributed by atoms with van der Waals surface area (Å²) in [5.41, 5.74) is 0. The molecule has 0 saturated heterocycles. The van der Waals surface area contributed by atoms with Gasteiger partial charge < -0.3 is 10.4 Å². The van der Waals surface area contributed by atoms with Gasteiger partial charge in [-0.3, -0.25) is 0 Å². The molecule has 0 spiro atoms. The Balaban J connectivity index is 1.62. The maximum Gasteiger partial charge on any atom is 0.345 e. The summed E-state index contributed by atoms with van der Waals surface area (Å²) in [6.45, 7) is 4.19. The Labute approximate surface area is 119 Å². The third kappa shape index (κ3) is 4.62. The topological polar surface area (TPSA) is 49.3 Å². The van der Waals surface area contributed by atoms with Gasteiger partial charge in [0.25, 0.3) is 0 Å². The highest BCUT2D eigenvalue weighted by molar-refractivity contribution is 7.13. The van der Waals surface area contributed by atoms with Gasteiger partial charge in [-0.1, -0.05) is 32.6 Å². The van der Waals surface area contributed by atoms with Crippen LogP contribution in [-0.4, -0.2) is 17.6 Å². The number of hydrogen-bond donors (Lipinski definition) is 2. The van der Waals surface area contributed by atoms with Gasteiger partial charge in [0.15, 0.2) is 0 Å². The van der Waals surface area contributed by atoms with Crippen molar-refractivity contribution in [2.45, 2.75) is 45.6 Å². The molecule has 1 aromatic rings. The summed E-state index contributed by atoms with van der Waals surface area (Å²) in [6.07, 6.45) is 6.79. The molecule has 1 aromatic heterocycles. The first-order valence-corrected chi connectivity index (χ1v) is 7.99. The molecule has 0 atom stereocenters. The molecule has 1 aliphatic rings. The van der Waals surface area contributed by atoms with Crippen molar-refractivity contribution in [2.75, 3.05) is 6.54 Å². The van der Waals surface area contributed by atoms with Crippen LogP contribution in [0.5, 0.6) is 0 Å². The monoisotopic (exact) mass is 281 g/mol. The van der Waals surface area contributed by atoms with Crippen molar-refractivity contribution in [1.29, 1.82) is 0 Å². The molecule has 2 N–H and O–H groups in total. The average molecular weight is 281 g/mol. The van der Waals surface area contributed by atoms with Crippen molar-refractivity contribution in [2.24, 2.45) is 11.8 Å². The smallest absolute Gasteiger partial charge is 0.345 e. The van der Waals surface area contributed by atoms with Crippen LogP contribution in [-0.2, 0) is 6.54 Å². The molecular formula is C15H23NO2S. The van der Waals surface area contributed by atoms with Crippen LogP contribution in [0.2, 0.25) is 0 Å². The van der Waals surface area contributed by atoms with E-state index in [1.807, 2.05) is 6.07 Å². The summed E-state index contributed by atoms with van der Waals surface area (Å²) in [4.78, 5) is 12.3. The zero-order valence-corrected chi connectivity index (χ0v) is 12.3. The largest absolute Gasteiger partial charge is 0.477 e. The SMILES string of the molecule is CC1CCC(CCNCc2ccc(C(=O)O)s2)CC1. The lowest BCUT2D eigenvalue weighted by molar-refractivity contribution is 0.0702. The highest BCUT2D eigenvalue weighted by Gasteiger charge is 2.17. The molecule has 0 aromatic carbocycles. The number of hydrogen-bond acceptors (Lipinski definition) is 3. The van der Waals surface area contributed by atoms with Crippen LogP contribution in [0.1, 0.15) is 53.6 Å².